The van der Waals surface area contributed by atoms with Gasteiger partial charge in [0.1, 0.15) is 0 Å². The van der Waals surface area contributed by atoms with Crippen LogP contribution in [-0.2, 0) is 12.0 Å². The lowest BCUT2D eigenvalue weighted by molar-refractivity contribution is 0.559. The first-order chi connectivity index (χ1) is 8.91. The third kappa shape index (κ3) is 3.17. The predicted molar refractivity (Wildman–Crippen MR) is 80.0 cm³/mol. The summed E-state index contributed by atoms with van der Waals surface area (Å²) >= 11 is 6.06. The highest BCUT2D eigenvalue weighted by Crippen LogP contribution is 2.24. The van der Waals surface area contributed by atoms with E-state index in [0.29, 0.717) is 0 Å². The molecule has 0 saturated carbocycles. The van der Waals surface area contributed by atoms with E-state index in [-0.39, 0.29) is 5.41 Å². The van der Waals surface area contributed by atoms with Crippen molar-refractivity contribution in [1.29, 1.82) is 0 Å². The molecule has 1 heterocycles. The van der Waals surface area contributed by atoms with Gasteiger partial charge in [0.25, 0.3) is 0 Å². The van der Waals surface area contributed by atoms with Gasteiger partial charge in [0.2, 0.25) is 0 Å². The zero-order valence-corrected chi connectivity index (χ0v) is 12.6. The SMILES string of the molecule is CNCc1cc(C(C)(C)C)nn1-c1cccc(Cl)c1. The average molecular weight is 278 g/mol. The Hall–Kier alpha value is -1.32. The van der Waals surface area contributed by atoms with Crippen LogP contribution in [0.4, 0.5) is 0 Å². The minimum atomic E-state index is 0.0340. The molecule has 2 rings (SSSR count). The van der Waals surface area contributed by atoms with Gasteiger partial charge in [-0.1, -0.05) is 38.4 Å². The quantitative estimate of drug-likeness (QED) is 0.930. The third-order valence-electron chi connectivity index (χ3n) is 2.96. The zero-order chi connectivity index (χ0) is 14.0. The summed E-state index contributed by atoms with van der Waals surface area (Å²) in [4.78, 5) is 0. The molecule has 0 aliphatic rings. The topological polar surface area (TPSA) is 29.9 Å². The highest BCUT2D eigenvalue weighted by Gasteiger charge is 2.20. The molecule has 0 aliphatic heterocycles. The van der Waals surface area contributed by atoms with E-state index in [1.807, 2.05) is 36.0 Å². The molecule has 0 fully saturated rings. The molecule has 2 aromatic rings. The molecule has 0 unspecified atom stereocenters. The maximum Gasteiger partial charge on any atom is 0.0685 e. The first-order valence-electron chi connectivity index (χ1n) is 6.42. The lowest BCUT2D eigenvalue weighted by atomic mass is 9.92. The van der Waals surface area contributed by atoms with Crippen molar-refractivity contribution in [2.24, 2.45) is 0 Å². The van der Waals surface area contributed by atoms with Gasteiger partial charge in [-0.05, 0) is 31.3 Å². The van der Waals surface area contributed by atoms with Crippen molar-refractivity contribution >= 4 is 11.6 Å². The molecule has 19 heavy (non-hydrogen) atoms. The maximum atomic E-state index is 6.06. The Bertz CT molecular complexity index is 567. The van der Waals surface area contributed by atoms with Crippen LogP contribution in [0.3, 0.4) is 0 Å². The van der Waals surface area contributed by atoms with E-state index in [2.05, 4.69) is 32.2 Å². The Morgan fingerprint density at radius 1 is 1.26 bits per heavy atom. The molecule has 1 aromatic carbocycles. The largest absolute Gasteiger partial charge is 0.314 e. The molecule has 0 saturated heterocycles. The van der Waals surface area contributed by atoms with Gasteiger partial charge >= 0.3 is 0 Å². The summed E-state index contributed by atoms with van der Waals surface area (Å²) in [5.41, 5.74) is 3.24. The average Bonchev–Trinajstić information content (AvgIpc) is 2.73. The van der Waals surface area contributed by atoms with Crippen molar-refractivity contribution in [3.05, 3.63) is 46.7 Å². The van der Waals surface area contributed by atoms with Crippen molar-refractivity contribution in [2.45, 2.75) is 32.7 Å². The molecule has 0 amide bonds. The Balaban J connectivity index is 2.52. The van der Waals surface area contributed by atoms with E-state index in [4.69, 9.17) is 16.7 Å². The van der Waals surface area contributed by atoms with Crippen LogP contribution in [0.25, 0.3) is 5.69 Å². The summed E-state index contributed by atoms with van der Waals surface area (Å²) in [7, 11) is 1.94. The molecule has 1 N–H and O–H groups in total. The van der Waals surface area contributed by atoms with Crippen LogP contribution in [0.1, 0.15) is 32.2 Å². The second kappa shape index (κ2) is 5.35. The predicted octanol–water partition coefficient (Wildman–Crippen LogP) is 3.54. The van der Waals surface area contributed by atoms with E-state index in [9.17, 15) is 0 Å². The number of hydrogen-bond donors (Lipinski definition) is 1. The molecule has 0 aliphatic carbocycles. The number of nitrogens with zero attached hydrogens (tertiary/aromatic N) is 2. The summed E-state index contributed by atoms with van der Waals surface area (Å²) in [5, 5.41) is 8.63. The van der Waals surface area contributed by atoms with Crippen molar-refractivity contribution in [3.63, 3.8) is 0 Å². The van der Waals surface area contributed by atoms with Gasteiger partial charge in [0.15, 0.2) is 0 Å². The van der Waals surface area contributed by atoms with E-state index in [1.165, 1.54) is 0 Å². The van der Waals surface area contributed by atoms with Crippen LogP contribution in [0, 0.1) is 0 Å². The standard InChI is InChI=1S/C15H20ClN3/c1-15(2,3)14-9-13(10-17-4)19(18-14)12-7-5-6-11(16)8-12/h5-9,17H,10H2,1-4H3. The minimum absolute atomic E-state index is 0.0340. The molecule has 1 aromatic heterocycles. The summed E-state index contributed by atoms with van der Waals surface area (Å²) < 4.78 is 1.96. The van der Waals surface area contributed by atoms with Gasteiger partial charge < -0.3 is 5.32 Å². The monoisotopic (exact) mass is 277 g/mol. The Morgan fingerprint density at radius 2 is 2.00 bits per heavy atom. The second-order valence-electron chi connectivity index (χ2n) is 5.69. The van der Waals surface area contributed by atoms with E-state index in [0.717, 1.165) is 28.6 Å². The van der Waals surface area contributed by atoms with Crippen LogP contribution in [0.5, 0.6) is 0 Å². The van der Waals surface area contributed by atoms with E-state index in [1.54, 1.807) is 0 Å². The number of hydrogen-bond acceptors (Lipinski definition) is 2. The molecule has 102 valence electrons. The molecule has 0 bridgehead atoms. The van der Waals surface area contributed by atoms with Crippen molar-refractivity contribution < 1.29 is 0 Å². The van der Waals surface area contributed by atoms with Crippen LogP contribution in [-0.4, -0.2) is 16.8 Å². The van der Waals surface area contributed by atoms with Crippen LogP contribution in [0.2, 0.25) is 5.02 Å². The van der Waals surface area contributed by atoms with Gasteiger partial charge in [-0.3, -0.25) is 0 Å². The summed E-state index contributed by atoms with van der Waals surface area (Å²) in [6.07, 6.45) is 0. The lowest BCUT2D eigenvalue weighted by Crippen LogP contribution is -2.13. The summed E-state index contributed by atoms with van der Waals surface area (Å²) in [6.45, 7) is 7.28. The molecule has 0 atom stereocenters. The Morgan fingerprint density at radius 3 is 2.58 bits per heavy atom. The van der Waals surface area contributed by atoms with Crippen molar-refractivity contribution in [1.82, 2.24) is 15.1 Å². The number of halogens is 1. The first kappa shape index (κ1) is 14.1. The second-order valence-corrected chi connectivity index (χ2v) is 6.13. The molecule has 0 radical (unpaired) electrons. The van der Waals surface area contributed by atoms with Crippen LogP contribution in [0.15, 0.2) is 30.3 Å². The van der Waals surface area contributed by atoms with Crippen LogP contribution < -0.4 is 5.32 Å². The number of rotatable bonds is 3. The van der Waals surface area contributed by atoms with Gasteiger partial charge in [0, 0.05) is 17.0 Å². The van der Waals surface area contributed by atoms with Gasteiger partial charge in [-0.2, -0.15) is 5.10 Å². The summed E-state index contributed by atoms with van der Waals surface area (Å²) in [5.74, 6) is 0. The normalized spacial score (nSPS) is 11.8. The van der Waals surface area contributed by atoms with Crippen LogP contribution >= 0.6 is 11.6 Å². The number of benzene rings is 1. The number of nitrogens with one attached hydrogen (secondary N) is 1. The fourth-order valence-corrected chi connectivity index (χ4v) is 2.11. The third-order valence-corrected chi connectivity index (χ3v) is 3.20. The van der Waals surface area contributed by atoms with E-state index < -0.39 is 0 Å². The Kier molecular flexibility index (Phi) is 3.97. The molecular weight excluding hydrogens is 258 g/mol. The van der Waals surface area contributed by atoms with Gasteiger partial charge in [-0.15, -0.1) is 0 Å². The highest BCUT2D eigenvalue weighted by molar-refractivity contribution is 6.30. The van der Waals surface area contributed by atoms with Gasteiger partial charge in [0.05, 0.1) is 17.1 Å². The van der Waals surface area contributed by atoms with Crippen molar-refractivity contribution in [3.8, 4) is 5.69 Å². The maximum absolute atomic E-state index is 6.06. The summed E-state index contributed by atoms with van der Waals surface area (Å²) in [6, 6.07) is 9.91. The van der Waals surface area contributed by atoms with Crippen molar-refractivity contribution in [2.75, 3.05) is 7.05 Å². The minimum Gasteiger partial charge on any atom is -0.314 e. The first-order valence-corrected chi connectivity index (χ1v) is 6.79. The zero-order valence-electron chi connectivity index (χ0n) is 11.9. The lowest BCUT2D eigenvalue weighted by Gasteiger charge is -2.14. The number of aromatic nitrogens is 2. The molecule has 3 nitrogen and oxygen atoms in total. The molecule has 0 spiro atoms. The van der Waals surface area contributed by atoms with E-state index >= 15 is 0 Å². The molecular formula is C15H20ClN3. The fraction of sp³-hybridized carbons (Fsp3) is 0.400. The highest BCUT2D eigenvalue weighted by atomic mass is 35.5. The Labute approximate surface area is 119 Å². The molecule has 4 heteroatoms. The fourth-order valence-electron chi connectivity index (χ4n) is 1.92. The van der Waals surface area contributed by atoms with Gasteiger partial charge in [-0.25, -0.2) is 4.68 Å². The smallest absolute Gasteiger partial charge is 0.0685 e.